The Morgan fingerprint density at radius 3 is 1.73 bits per heavy atom. The van der Waals surface area contributed by atoms with Crippen molar-refractivity contribution in [3.63, 3.8) is 0 Å². The van der Waals surface area contributed by atoms with Gasteiger partial charge in [-0.05, 0) is 86.0 Å². The lowest BCUT2D eigenvalue weighted by atomic mass is 10.1. The number of fused-ring (bicyclic) bond motifs is 12. The number of benzene rings is 7. The average molecular weight is 629 g/mol. The minimum Gasteiger partial charge on any atom is -0.310 e. The second kappa shape index (κ2) is 10.6. The Hall–Kier alpha value is -6.39. The van der Waals surface area contributed by atoms with Crippen molar-refractivity contribution in [2.75, 3.05) is 4.90 Å². The zero-order valence-corrected chi connectivity index (χ0v) is 27.3. The second-order valence-corrected chi connectivity index (χ2v) is 13.0. The number of rotatable bonds is 4. The van der Waals surface area contributed by atoms with Crippen molar-refractivity contribution in [1.82, 2.24) is 14.0 Å². The topological polar surface area (TPSA) is 25.5 Å². The van der Waals surface area contributed by atoms with E-state index in [1.165, 1.54) is 32.7 Å². The van der Waals surface area contributed by atoms with Crippen molar-refractivity contribution in [3.8, 4) is 5.69 Å². The molecule has 0 aliphatic carbocycles. The fourth-order valence-electron chi connectivity index (χ4n) is 7.70. The maximum atomic E-state index is 5.50. The average Bonchev–Trinajstić information content (AvgIpc) is 3.71. The first-order chi connectivity index (χ1) is 24.1. The molecular formula is C45H32N4. The molecule has 0 saturated heterocycles. The van der Waals surface area contributed by atoms with Crippen molar-refractivity contribution >= 4 is 77.2 Å². The van der Waals surface area contributed by atoms with Gasteiger partial charge in [-0.1, -0.05) is 102 Å². The van der Waals surface area contributed by atoms with Crippen LogP contribution in [0.4, 0.5) is 17.1 Å². The van der Waals surface area contributed by atoms with Crippen molar-refractivity contribution in [1.29, 1.82) is 0 Å². The lowest BCUT2D eigenvalue weighted by molar-refractivity contribution is 1.17. The van der Waals surface area contributed by atoms with E-state index in [1.54, 1.807) is 0 Å². The molecule has 49 heavy (non-hydrogen) atoms. The molecule has 0 aliphatic rings. The van der Waals surface area contributed by atoms with Gasteiger partial charge in [0.15, 0.2) is 0 Å². The number of para-hydroxylation sites is 2. The lowest BCUT2D eigenvalue weighted by Crippen LogP contribution is -2.10. The number of aryl methyl sites for hydroxylation is 2. The van der Waals surface area contributed by atoms with Crippen LogP contribution in [0.15, 0.2) is 158 Å². The largest absolute Gasteiger partial charge is 0.310 e. The van der Waals surface area contributed by atoms with Gasteiger partial charge in [-0.2, -0.15) is 0 Å². The van der Waals surface area contributed by atoms with Gasteiger partial charge in [-0.15, -0.1) is 0 Å². The Morgan fingerprint density at radius 1 is 0.449 bits per heavy atom. The van der Waals surface area contributed by atoms with Gasteiger partial charge < -0.3 is 9.47 Å². The van der Waals surface area contributed by atoms with Gasteiger partial charge in [0.25, 0.3) is 0 Å². The quantitative estimate of drug-likeness (QED) is 0.181. The SMILES string of the molecule is Cc1ccc(N(c2ccc(C)cc2)c2cccc(-n3c4ccccc4c4ccc5c(nc6c7ccccc7c7ccccc7n56)c43)c2)cc1. The summed E-state index contributed by atoms with van der Waals surface area (Å²) >= 11 is 0. The summed E-state index contributed by atoms with van der Waals surface area (Å²) in [6.45, 7) is 4.27. The third-order valence-corrected chi connectivity index (χ3v) is 9.99. The number of anilines is 3. The van der Waals surface area contributed by atoms with Gasteiger partial charge in [-0.25, -0.2) is 4.98 Å². The molecule has 0 unspecified atom stereocenters. The highest BCUT2D eigenvalue weighted by Gasteiger charge is 2.21. The third-order valence-electron chi connectivity index (χ3n) is 9.99. The molecule has 0 radical (unpaired) electrons. The van der Waals surface area contributed by atoms with Gasteiger partial charge in [0, 0.05) is 44.3 Å². The molecule has 0 fully saturated rings. The van der Waals surface area contributed by atoms with Gasteiger partial charge in [0.05, 0.1) is 22.1 Å². The fourth-order valence-corrected chi connectivity index (χ4v) is 7.70. The zero-order chi connectivity index (χ0) is 32.6. The number of nitrogens with zero attached hydrogens (tertiary/aromatic N) is 4. The van der Waals surface area contributed by atoms with Crippen LogP contribution in [-0.4, -0.2) is 14.0 Å². The fraction of sp³-hybridized carbons (Fsp3) is 0.0444. The molecule has 3 heterocycles. The Labute approximate surface area is 283 Å². The number of hydrogen-bond acceptors (Lipinski definition) is 2. The molecule has 4 nitrogen and oxygen atoms in total. The molecule has 3 aromatic heterocycles. The molecule has 0 bridgehead atoms. The molecule has 7 aromatic carbocycles. The first-order valence-corrected chi connectivity index (χ1v) is 16.8. The predicted octanol–water partition coefficient (Wildman–Crippen LogP) is 12.0. The van der Waals surface area contributed by atoms with Crippen LogP contribution in [0, 0.1) is 13.8 Å². The molecule has 0 atom stereocenters. The van der Waals surface area contributed by atoms with Crippen LogP contribution in [0.5, 0.6) is 0 Å². The molecular weight excluding hydrogens is 597 g/mol. The number of hydrogen-bond donors (Lipinski definition) is 0. The van der Waals surface area contributed by atoms with E-state index in [9.17, 15) is 0 Å². The summed E-state index contributed by atoms with van der Waals surface area (Å²) in [4.78, 5) is 7.85. The smallest absolute Gasteiger partial charge is 0.146 e. The van der Waals surface area contributed by atoms with Crippen molar-refractivity contribution < 1.29 is 0 Å². The van der Waals surface area contributed by atoms with Gasteiger partial charge in [0.2, 0.25) is 0 Å². The second-order valence-electron chi connectivity index (χ2n) is 13.0. The van der Waals surface area contributed by atoms with Gasteiger partial charge in [0.1, 0.15) is 11.2 Å². The summed E-state index contributed by atoms with van der Waals surface area (Å²) in [5, 5.41) is 6.01. The molecule has 0 amide bonds. The molecule has 0 aliphatic heterocycles. The van der Waals surface area contributed by atoms with Crippen LogP contribution in [0.1, 0.15) is 11.1 Å². The Kier molecular flexibility index (Phi) is 5.97. The third kappa shape index (κ3) is 4.14. The summed E-state index contributed by atoms with van der Waals surface area (Å²) in [6, 6.07) is 57.0. The standard InChI is InChI=1S/C45H32N4/c1-29-18-22-31(23-19-29)47(32-24-20-30(2)21-25-32)33-10-9-11-34(28-33)48-40-16-7-6-14-37(40)38-26-27-42-43(44(38)48)46-45-39-15-4-3-12-35(39)36-13-5-8-17-41(36)49(42)45/h3-28H,1-2H3. The molecule has 232 valence electrons. The molecule has 0 N–H and O–H groups in total. The van der Waals surface area contributed by atoms with Crippen LogP contribution in [0.3, 0.4) is 0 Å². The summed E-state index contributed by atoms with van der Waals surface area (Å²) in [6.07, 6.45) is 0. The highest BCUT2D eigenvalue weighted by Crippen LogP contribution is 2.41. The molecule has 0 saturated carbocycles. The van der Waals surface area contributed by atoms with Crippen LogP contribution in [-0.2, 0) is 0 Å². The summed E-state index contributed by atoms with van der Waals surface area (Å²) < 4.78 is 4.76. The van der Waals surface area contributed by atoms with E-state index in [0.717, 1.165) is 61.4 Å². The first kappa shape index (κ1) is 27.7. The van der Waals surface area contributed by atoms with E-state index in [-0.39, 0.29) is 0 Å². The molecule has 4 heteroatoms. The van der Waals surface area contributed by atoms with E-state index in [0.29, 0.717) is 0 Å². The van der Waals surface area contributed by atoms with E-state index < -0.39 is 0 Å². The lowest BCUT2D eigenvalue weighted by Gasteiger charge is -2.26. The van der Waals surface area contributed by atoms with E-state index >= 15 is 0 Å². The Morgan fingerprint density at radius 2 is 1.04 bits per heavy atom. The maximum absolute atomic E-state index is 5.50. The Balaban J connectivity index is 1.29. The van der Waals surface area contributed by atoms with Gasteiger partial charge >= 0.3 is 0 Å². The zero-order valence-electron chi connectivity index (χ0n) is 27.3. The van der Waals surface area contributed by atoms with Crippen LogP contribution in [0.2, 0.25) is 0 Å². The highest BCUT2D eigenvalue weighted by atomic mass is 15.1. The van der Waals surface area contributed by atoms with E-state index in [2.05, 4.69) is 185 Å². The monoisotopic (exact) mass is 628 g/mol. The number of imidazole rings is 1. The molecule has 10 aromatic rings. The Bertz CT molecular complexity index is 2850. The van der Waals surface area contributed by atoms with Crippen molar-refractivity contribution in [3.05, 3.63) is 169 Å². The maximum Gasteiger partial charge on any atom is 0.146 e. The number of aromatic nitrogens is 3. The molecule has 10 rings (SSSR count). The summed E-state index contributed by atoms with van der Waals surface area (Å²) in [7, 11) is 0. The summed E-state index contributed by atoms with van der Waals surface area (Å²) in [5.74, 6) is 0. The van der Waals surface area contributed by atoms with E-state index in [4.69, 9.17) is 4.98 Å². The first-order valence-electron chi connectivity index (χ1n) is 16.8. The molecule has 0 spiro atoms. The minimum absolute atomic E-state index is 0.979. The highest BCUT2D eigenvalue weighted by molar-refractivity contribution is 6.20. The van der Waals surface area contributed by atoms with Crippen molar-refractivity contribution in [2.45, 2.75) is 13.8 Å². The normalized spacial score (nSPS) is 11.9. The van der Waals surface area contributed by atoms with Crippen LogP contribution >= 0.6 is 0 Å². The van der Waals surface area contributed by atoms with Crippen LogP contribution in [0.25, 0.3) is 65.8 Å². The van der Waals surface area contributed by atoms with Crippen molar-refractivity contribution in [2.24, 2.45) is 0 Å². The number of pyridine rings is 1. The van der Waals surface area contributed by atoms with Gasteiger partial charge in [-0.3, -0.25) is 4.40 Å². The van der Waals surface area contributed by atoms with E-state index in [1.807, 2.05) is 0 Å². The predicted molar refractivity (Wildman–Crippen MR) is 206 cm³/mol. The summed E-state index contributed by atoms with van der Waals surface area (Å²) in [5.41, 5.74) is 13.4. The van der Waals surface area contributed by atoms with Crippen LogP contribution < -0.4 is 4.90 Å². The minimum atomic E-state index is 0.979.